The summed E-state index contributed by atoms with van der Waals surface area (Å²) in [7, 11) is 0. The van der Waals surface area contributed by atoms with Gasteiger partial charge in [-0.1, -0.05) is 66.4 Å². The number of anilines is 1. The standard InChI is InChI=1S/C23H16F2N2OS/c24-23(25)29-21-12-10-20(11-13-21)27-22(28)19(15-26)14-16-6-8-18(9-7-16)17-4-2-1-3-5-17/h1-14,23H,(H,27,28)/b19-14+. The minimum atomic E-state index is -2.50. The molecule has 3 aromatic carbocycles. The number of amides is 1. The van der Waals surface area contributed by atoms with Crippen molar-refractivity contribution in [3.8, 4) is 17.2 Å². The highest BCUT2D eigenvalue weighted by atomic mass is 32.2. The first-order valence-corrected chi connectivity index (χ1v) is 9.56. The number of nitrogens with one attached hydrogen (secondary N) is 1. The maximum absolute atomic E-state index is 12.4. The van der Waals surface area contributed by atoms with Crippen LogP contribution in [0.25, 0.3) is 17.2 Å². The number of carbonyl (C=O) groups is 1. The number of carbonyl (C=O) groups excluding carboxylic acids is 1. The van der Waals surface area contributed by atoms with Gasteiger partial charge < -0.3 is 5.32 Å². The summed E-state index contributed by atoms with van der Waals surface area (Å²) < 4.78 is 24.7. The minimum Gasteiger partial charge on any atom is -0.321 e. The van der Waals surface area contributed by atoms with Crippen molar-refractivity contribution in [2.45, 2.75) is 10.7 Å². The van der Waals surface area contributed by atoms with Gasteiger partial charge in [0.05, 0.1) is 0 Å². The zero-order chi connectivity index (χ0) is 20.6. The molecule has 0 aliphatic rings. The molecular formula is C23H16F2N2OS. The quantitative estimate of drug-likeness (QED) is 0.301. The molecule has 0 spiro atoms. The van der Waals surface area contributed by atoms with Crippen LogP contribution in [0.2, 0.25) is 0 Å². The molecule has 0 aromatic heterocycles. The lowest BCUT2D eigenvalue weighted by molar-refractivity contribution is -0.112. The molecule has 1 N–H and O–H groups in total. The first-order valence-electron chi connectivity index (χ1n) is 8.68. The van der Waals surface area contributed by atoms with E-state index in [0.717, 1.165) is 16.7 Å². The van der Waals surface area contributed by atoms with Crippen LogP contribution in [0.5, 0.6) is 0 Å². The van der Waals surface area contributed by atoms with Crippen molar-refractivity contribution in [3.63, 3.8) is 0 Å². The van der Waals surface area contributed by atoms with Crippen LogP contribution in [0, 0.1) is 11.3 Å². The van der Waals surface area contributed by atoms with Crippen LogP contribution in [0.15, 0.2) is 89.3 Å². The third-order valence-corrected chi connectivity index (χ3v) is 4.75. The number of alkyl halides is 2. The Morgan fingerprint density at radius 1 is 0.931 bits per heavy atom. The molecule has 0 aliphatic heterocycles. The summed E-state index contributed by atoms with van der Waals surface area (Å²) in [6, 6.07) is 25.3. The van der Waals surface area contributed by atoms with Gasteiger partial charge in [0.1, 0.15) is 11.6 Å². The fourth-order valence-electron chi connectivity index (χ4n) is 2.64. The Kier molecular flexibility index (Phi) is 6.77. The Balaban J connectivity index is 1.70. The molecule has 0 saturated carbocycles. The first kappa shape index (κ1) is 20.3. The second kappa shape index (κ2) is 9.67. The lowest BCUT2D eigenvalue weighted by atomic mass is 10.0. The molecule has 3 aromatic rings. The fourth-order valence-corrected chi connectivity index (χ4v) is 3.13. The van der Waals surface area contributed by atoms with E-state index in [-0.39, 0.29) is 5.57 Å². The average molecular weight is 406 g/mol. The molecule has 144 valence electrons. The van der Waals surface area contributed by atoms with Crippen LogP contribution < -0.4 is 5.32 Å². The fraction of sp³-hybridized carbons (Fsp3) is 0.0435. The summed E-state index contributed by atoms with van der Waals surface area (Å²) >= 11 is 0.428. The summed E-state index contributed by atoms with van der Waals surface area (Å²) in [6.45, 7) is 0. The van der Waals surface area contributed by atoms with Crippen molar-refractivity contribution < 1.29 is 13.6 Å². The molecule has 0 aliphatic carbocycles. The van der Waals surface area contributed by atoms with E-state index in [1.807, 2.05) is 60.7 Å². The summed E-state index contributed by atoms with van der Waals surface area (Å²) in [5, 5.41) is 12.0. The molecule has 0 atom stereocenters. The Morgan fingerprint density at radius 3 is 2.14 bits per heavy atom. The molecule has 29 heavy (non-hydrogen) atoms. The number of thioether (sulfide) groups is 1. The van der Waals surface area contributed by atoms with Gasteiger partial charge in [-0.25, -0.2) is 0 Å². The highest BCUT2D eigenvalue weighted by molar-refractivity contribution is 7.99. The van der Waals surface area contributed by atoms with E-state index in [1.54, 1.807) is 0 Å². The lowest BCUT2D eigenvalue weighted by Gasteiger charge is -2.06. The van der Waals surface area contributed by atoms with Crippen molar-refractivity contribution in [3.05, 3.63) is 90.0 Å². The monoisotopic (exact) mass is 406 g/mol. The smallest absolute Gasteiger partial charge is 0.288 e. The molecule has 0 unspecified atom stereocenters. The number of halogens is 2. The van der Waals surface area contributed by atoms with E-state index in [9.17, 15) is 18.8 Å². The molecular weight excluding hydrogens is 390 g/mol. The summed E-state index contributed by atoms with van der Waals surface area (Å²) in [4.78, 5) is 12.8. The summed E-state index contributed by atoms with van der Waals surface area (Å²) in [5.41, 5.74) is 3.21. The van der Waals surface area contributed by atoms with Crippen LogP contribution in [-0.4, -0.2) is 11.7 Å². The third kappa shape index (κ3) is 5.77. The van der Waals surface area contributed by atoms with Crippen molar-refractivity contribution in [2.75, 3.05) is 5.32 Å². The van der Waals surface area contributed by atoms with Crippen molar-refractivity contribution in [1.82, 2.24) is 0 Å². The molecule has 6 heteroatoms. The SMILES string of the molecule is N#C/C(=C\c1ccc(-c2ccccc2)cc1)C(=O)Nc1ccc(SC(F)F)cc1. The molecule has 0 heterocycles. The Hall–Kier alpha value is -3.43. The normalized spacial score (nSPS) is 11.2. The number of hydrogen-bond donors (Lipinski definition) is 1. The zero-order valence-electron chi connectivity index (χ0n) is 15.2. The predicted octanol–water partition coefficient (Wildman–Crippen LogP) is 6.21. The largest absolute Gasteiger partial charge is 0.321 e. The van der Waals surface area contributed by atoms with E-state index in [0.29, 0.717) is 22.3 Å². The lowest BCUT2D eigenvalue weighted by Crippen LogP contribution is -2.13. The van der Waals surface area contributed by atoms with Crippen LogP contribution in [0.4, 0.5) is 14.5 Å². The van der Waals surface area contributed by atoms with E-state index < -0.39 is 11.7 Å². The third-order valence-electron chi connectivity index (χ3n) is 4.03. The van der Waals surface area contributed by atoms with Gasteiger partial charge in [0.2, 0.25) is 0 Å². The predicted molar refractivity (Wildman–Crippen MR) is 112 cm³/mol. The van der Waals surface area contributed by atoms with Crippen LogP contribution in [0.3, 0.4) is 0 Å². The molecule has 0 radical (unpaired) electrons. The number of hydrogen-bond acceptors (Lipinski definition) is 3. The van der Waals surface area contributed by atoms with Gasteiger partial charge in [0, 0.05) is 10.6 Å². The molecule has 1 amide bonds. The Labute approximate surface area is 171 Å². The topological polar surface area (TPSA) is 52.9 Å². The van der Waals surface area contributed by atoms with Crippen LogP contribution in [-0.2, 0) is 4.79 Å². The second-order valence-corrected chi connectivity index (χ2v) is 7.08. The highest BCUT2D eigenvalue weighted by Crippen LogP contribution is 2.26. The van der Waals surface area contributed by atoms with Crippen LogP contribution >= 0.6 is 11.8 Å². The van der Waals surface area contributed by atoms with E-state index in [1.165, 1.54) is 30.3 Å². The number of rotatable bonds is 6. The second-order valence-electron chi connectivity index (χ2n) is 6.01. The van der Waals surface area contributed by atoms with E-state index >= 15 is 0 Å². The zero-order valence-corrected chi connectivity index (χ0v) is 16.0. The van der Waals surface area contributed by atoms with E-state index in [4.69, 9.17) is 0 Å². The minimum absolute atomic E-state index is 0.0523. The highest BCUT2D eigenvalue weighted by Gasteiger charge is 2.10. The van der Waals surface area contributed by atoms with Crippen LogP contribution in [0.1, 0.15) is 5.56 Å². The summed E-state index contributed by atoms with van der Waals surface area (Å²) in [5.74, 6) is -3.06. The maximum Gasteiger partial charge on any atom is 0.288 e. The molecule has 0 bridgehead atoms. The summed E-state index contributed by atoms with van der Waals surface area (Å²) in [6.07, 6.45) is 1.51. The average Bonchev–Trinajstić information content (AvgIpc) is 2.74. The molecule has 0 saturated heterocycles. The van der Waals surface area contributed by atoms with Gasteiger partial charge in [-0.05, 0) is 47.0 Å². The van der Waals surface area contributed by atoms with Crippen molar-refractivity contribution in [1.29, 1.82) is 5.26 Å². The molecule has 0 fully saturated rings. The van der Waals surface area contributed by atoms with Gasteiger partial charge >= 0.3 is 0 Å². The van der Waals surface area contributed by atoms with E-state index in [2.05, 4.69) is 5.32 Å². The first-order chi connectivity index (χ1) is 14.0. The van der Waals surface area contributed by atoms with Gasteiger partial charge in [-0.2, -0.15) is 14.0 Å². The Bertz CT molecular complexity index is 1040. The number of benzene rings is 3. The van der Waals surface area contributed by atoms with Gasteiger partial charge in [0.15, 0.2) is 0 Å². The van der Waals surface area contributed by atoms with Gasteiger partial charge in [-0.3, -0.25) is 4.79 Å². The Morgan fingerprint density at radius 2 is 1.55 bits per heavy atom. The van der Waals surface area contributed by atoms with Crippen molar-refractivity contribution in [2.24, 2.45) is 0 Å². The number of nitriles is 1. The number of nitrogens with zero attached hydrogens (tertiary/aromatic N) is 1. The van der Waals surface area contributed by atoms with Gasteiger partial charge in [-0.15, -0.1) is 0 Å². The van der Waals surface area contributed by atoms with Gasteiger partial charge in [0.25, 0.3) is 11.7 Å². The molecule has 3 nitrogen and oxygen atoms in total. The van der Waals surface area contributed by atoms with Crippen molar-refractivity contribution >= 4 is 29.4 Å². The molecule has 3 rings (SSSR count). The maximum atomic E-state index is 12.4.